The first-order chi connectivity index (χ1) is 9.46. The Balaban J connectivity index is 1.72. The molecule has 1 aromatic rings. The predicted octanol–water partition coefficient (Wildman–Crippen LogP) is 2.81. The van der Waals surface area contributed by atoms with Crippen molar-refractivity contribution in [3.63, 3.8) is 0 Å². The third-order valence-corrected chi connectivity index (χ3v) is 4.14. The third-order valence-electron chi connectivity index (χ3n) is 4.14. The number of ether oxygens (including phenoxy) is 2. The fourth-order valence-electron chi connectivity index (χ4n) is 2.82. The van der Waals surface area contributed by atoms with Crippen LogP contribution < -0.4 is 0 Å². The number of carbonyl (C=O) groups excluding carboxylic acids is 1. The first kappa shape index (κ1) is 13.1. The number of epoxide rings is 1. The van der Waals surface area contributed by atoms with Gasteiger partial charge in [-0.05, 0) is 31.9 Å². The average Bonchev–Trinajstić information content (AvgIpc) is 3.04. The van der Waals surface area contributed by atoms with Gasteiger partial charge in [0.2, 0.25) is 5.79 Å². The molecule has 1 aliphatic carbocycles. The number of rotatable bonds is 3. The Kier molecular flexibility index (Phi) is 2.79. The molecule has 0 spiro atoms. The van der Waals surface area contributed by atoms with Crippen LogP contribution in [0.5, 0.6) is 0 Å². The van der Waals surface area contributed by atoms with Gasteiger partial charge in [-0.15, -0.1) is 0 Å². The lowest BCUT2D eigenvalue weighted by atomic mass is 9.88. The van der Waals surface area contributed by atoms with Crippen molar-refractivity contribution in [2.75, 3.05) is 0 Å². The zero-order valence-electron chi connectivity index (χ0n) is 11.1. The molecule has 3 rings (SSSR count). The van der Waals surface area contributed by atoms with Gasteiger partial charge in [-0.2, -0.15) is 0 Å². The Morgan fingerprint density at radius 2 is 1.95 bits per heavy atom. The van der Waals surface area contributed by atoms with E-state index >= 15 is 0 Å². The van der Waals surface area contributed by atoms with E-state index in [1.165, 1.54) is 24.3 Å². The van der Waals surface area contributed by atoms with Crippen molar-refractivity contribution >= 4 is 11.7 Å². The molecule has 6 heteroatoms. The van der Waals surface area contributed by atoms with E-state index in [0.717, 1.165) is 19.3 Å². The highest BCUT2D eigenvalue weighted by Gasteiger charge is 2.71. The monoisotopic (exact) mass is 277 g/mol. The maximum Gasteiger partial charge on any atom is 0.340 e. The van der Waals surface area contributed by atoms with Crippen LogP contribution in [0.2, 0.25) is 0 Å². The molecule has 0 aromatic heterocycles. The van der Waals surface area contributed by atoms with Crippen LogP contribution in [0.4, 0.5) is 5.69 Å². The van der Waals surface area contributed by atoms with E-state index in [0.29, 0.717) is 12.0 Å². The van der Waals surface area contributed by atoms with Crippen molar-refractivity contribution in [1.29, 1.82) is 0 Å². The number of non-ortho nitro benzene ring substituents is 1. The van der Waals surface area contributed by atoms with E-state index in [9.17, 15) is 14.9 Å². The van der Waals surface area contributed by atoms with Gasteiger partial charge in [0.1, 0.15) is 5.60 Å². The normalized spacial score (nSPS) is 31.2. The number of nitro benzene ring substituents is 1. The average molecular weight is 277 g/mol. The van der Waals surface area contributed by atoms with E-state index in [-0.39, 0.29) is 11.3 Å². The molecule has 0 N–H and O–H groups in total. The molecule has 0 bridgehead atoms. The highest BCUT2D eigenvalue weighted by atomic mass is 16.8. The van der Waals surface area contributed by atoms with Gasteiger partial charge in [-0.1, -0.05) is 6.42 Å². The molecular formula is C14H15NO5. The highest BCUT2D eigenvalue weighted by molar-refractivity contribution is 5.90. The van der Waals surface area contributed by atoms with Crippen LogP contribution in [0.3, 0.4) is 0 Å². The Labute approximate surface area is 115 Å². The smallest absolute Gasteiger partial charge is 0.340 e. The molecule has 0 unspecified atom stereocenters. The van der Waals surface area contributed by atoms with Crippen LogP contribution >= 0.6 is 0 Å². The Hall–Kier alpha value is -1.95. The molecule has 20 heavy (non-hydrogen) atoms. The van der Waals surface area contributed by atoms with E-state index in [2.05, 4.69) is 0 Å². The maximum absolute atomic E-state index is 12.1. The van der Waals surface area contributed by atoms with E-state index in [4.69, 9.17) is 9.47 Å². The van der Waals surface area contributed by atoms with Gasteiger partial charge in [-0.25, -0.2) is 4.79 Å². The van der Waals surface area contributed by atoms with E-state index in [1.54, 1.807) is 0 Å². The Bertz CT molecular complexity index is 565. The molecule has 1 heterocycles. The number of nitrogens with zero attached hydrogens (tertiary/aromatic N) is 1. The van der Waals surface area contributed by atoms with Crippen molar-refractivity contribution < 1.29 is 19.2 Å². The summed E-state index contributed by atoms with van der Waals surface area (Å²) >= 11 is 0. The fourth-order valence-corrected chi connectivity index (χ4v) is 2.82. The zero-order valence-corrected chi connectivity index (χ0v) is 11.1. The second-order valence-electron chi connectivity index (χ2n) is 5.49. The lowest BCUT2D eigenvalue weighted by Crippen LogP contribution is -2.32. The molecule has 2 atom stereocenters. The largest absolute Gasteiger partial charge is 0.426 e. The number of carbonyl (C=O) groups is 1. The minimum absolute atomic E-state index is 0.0510. The molecule has 0 radical (unpaired) electrons. The number of fused-ring (bicyclic) bond motifs is 1. The summed E-state index contributed by atoms with van der Waals surface area (Å²) in [5.41, 5.74) is -0.111. The first-order valence-corrected chi connectivity index (χ1v) is 6.64. The molecule has 2 aliphatic rings. The summed E-state index contributed by atoms with van der Waals surface area (Å²) in [5, 5.41) is 10.6. The Morgan fingerprint density at radius 3 is 2.55 bits per heavy atom. The minimum Gasteiger partial charge on any atom is -0.426 e. The quantitative estimate of drug-likeness (QED) is 0.367. The maximum atomic E-state index is 12.1. The predicted molar refractivity (Wildman–Crippen MR) is 69.2 cm³/mol. The summed E-state index contributed by atoms with van der Waals surface area (Å²) in [6, 6.07) is 5.39. The summed E-state index contributed by atoms with van der Waals surface area (Å²) in [6.07, 6.45) is 3.65. The zero-order chi connectivity index (χ0) is 14.4. The van der Waals surface area contributed by atoms with Gasteiger partial charge < -0.3 is 9.47 Å². The van der Waals surface area contributed by atoms with E-state index < -0.39 is 16.7 Å². The van der Waals surface area contributed by atoms with Gasteiger partial charge >= 0.3 is 5.97 Å². The SMILES string of the molecule is C[C@@]12CCCC[C@]1(OC(=O)c1ccc([N+](=O)[O-])cc1)O2. The van der Waals surface area contributed by atoms with Gasteiger partial charge in [0.05, 0.1) is 10.5 Å². The van der Waals surface area contributed by atoms with E-state index in [1.807, 2.05) is 6.92 Å². The van der Waals surface area contributed by atoms with Crippen LogP contribution in [0.25, 0.3) is 0 Å². The van der Waals surface area contributed by atoms with Gasteiger partial charge in [0.15, 0.2) is 0 Å². The molecule has 0 amide bonds. The topological polar surface area (TPSA) is 82.0 Å². The Morgan fingerprint density at radius 1 is 1.30 bits per heavy atom. The van der Waals surface area contributed by atoms with Crippen molar-refractivity contribution in [3.8, 4) is 0 Å². The van der Waals surface area contributed by atoms with Crippen LogP contribution in [0, 0.1) is 10.1 Å². The first-order valence-electron chi connectivity index (χ1n) is 6.64. The number of esters is 1. The van der Waals surface area contributed by atoms with Crippen LogP contribution in [0.1, 0.15) is 43.0 Å². The number of nitro groups is 1. The molecule has 1 aliphatic heterocycles. The number of hydrogen-bond acceptors (Lipinski definition) is 5. The molecule has 2 fully saturated rings. The van der Waals surface area contributed by atoms with Gasteiger partial charge in [0, 0.05) is 18.6 Å². The second kappa shape index (κ2) is 4.28. The summed E-state index contributed by atoms with van der Waals surface area (Å²) in [4.78, 5) is 22.2. The minimum atomic E-state index is -0.788. The standard InChI is InChI=1S/C14H15NO5/c1-13-8-2-3-9-14(13,20-13)19-12(16)10-4-6-11(7-5-10)15(17)18/h4-7H,2-3,8-9H2,1H3/t13-,14+/m1/s1. The van der Waals surface area contributed by atoms with Crippen molar-refractivity contribution in [2.24, 2.45) is 0 Å². The molecule has 1 saturated heterocycles. The van der Waals surface area contributed by atoms with Crippen molar-refractivity contribution in [2.45, 2.75) is 44.0 Å². The summed E-state index contributed by atoms with van der Waals surface area (Å²) in [7, 11) is 0. The van der Waals surface area contributed by atoms with Gasteiger partial charge in [0.25, 0.3) is 5.69 Å². The lowest BCUT2D eigenvalue weighted by molar-refractivity contribution is -0.384. The molecule has 1 saturated carbocycles. The molecule has 6 nitrogen and oxygen atoms in total. The second-order valence-corrected chi connectivity index (χ2v) is 5.49. The highest BCUT2D eigenvalue weighted by Crippen LogP contribution is 2.58. The van der Waals surface area contributed by atoms with Crippen molar-refractivity contribution in [3.05, 3.63) is 39.9 Å². The number of benzene rings is 1. The van der Waals surface area contributed by atoms with Crippen LogP contribution in [0.15, 0.2) is 24.3 Å². The van der Waals surface area contributed by atoms with Crippen LogP contribution in [-0.2, 0) is 9.47 Å². The third kappa shape index (κ3) is 1.96. The molecule has 1 aromatic carbocycles. The number of hydrogen-bond donors (Lipinski definition) is 0. The lowest BCUT2D eigenvalue weighted by Gasteiger charge is -2.21. The molecule has 106 valence electrons. The summed E-state index contributed by atoms with van der Waals surface area (Å²) in [5.74, 6) is -1.28. The summed E-state index contributed by atoms with van der Waals surface area (Å²) in [6.45, 7) is 1.95. The van der Waals surface area contributed by atoms with Crippen LogP contribution in [-0.4, -0.2) is 22.3 Å². The van der Waals surface area contributed by atoms with Crippen molar-refractivity contribution in [1.82, 2.24) is 0 Å². The molecular weight excluding hydrogens is 262 g/mol. The van der Waals surface area contributed by atoms with Gasteiger partial charge in [-0.3, -0.25) is 10.1 Å². The fraction of sp³-hybridized carbons (Fsp3) is 0.500. The summed E-state index contributed by atoms with van der Waals surface area (Å²) < 4.78 is 11.2.